The lowest BCUT2D eigenvalue weighted by molar-refractivity contribution is 0.104. The zero-order valence-corrected chi connectivity index (χ0v) is 11.7. The molecule has 8 heteroatoms. The van der Waals surface area contributed by atoms with Gasteiger partial charge in [-0.1, -0.05) is 12.1 Å². The van der Waals surface area contributed by atoms with E-state index in [1.165, 1.54) is 18.4 Å². The van der Waals surface area contributed by atoms with E-state index in [-0.39, 0.29) is 17.2 Å². The lowest BCUT2D eigenvalue weighted by Crippen LogP contribution is -1.96. The second kappa shape index (κ2) is 6.22. The Morgan fingerprint density at radius 2 is 2.13 bits per heavy atom. The van der Waals surface area contributed by atoms with Crippen LogP contribution in [-0.4, -0.2) is 31.5 Å². The van der Waals surface area contributed by atoms with Crippen molar-refractivity contribution in [3.63, 3.8) is 0 Å². The molecule has 0 saturated carbocycles. The van der Waals surface area contributed by atoms with E-state index in [2.05, 4.69) is 20.6 Å². The van der Waals surface area contributed by atoms with Crippen LogP contribution in [0.4, 0.5) is 4.39 Å². The molecule has 0 spiro atoms. The van der Waals surface area contributed by atoms with Crippen LogP contribution in [0.3, 0.4) is 0 Å². The van der Waals surface area contributed by atoms with Gasteiger partial charge >= 0.3 is 0 Å². The molecule has 1 aromatic carbocycles. The maximum absolute atomic E-state index is 12.9. The minimum absolute atomic E-state index is 0.0756. The van der Waals surface area contributed by atoms with Crippen molar-refractivity contribution in [3.05, 3.63) is 71.2 Å². The molecule has 0 bridgehead atoms. The number of rotatable bonds is 5. The number of aliphatic hydroxyl groups excluding tert-OH is 1. The van der Waals surface area contributed by atoms with Crippen molar-refractivity contribution >= 4 is 11.5 Å². The summed E-state index contributed by atoms with van der Waals surface area (Å²) in [6.45, 7) is 0. The van der Waals surface area contributed by atoms with Gasteiger partial charge in [-0.3, -0.25) is 4.79 Å². The highest BCUT2D eigenvalue weighted by Gasteiger charge is 2.12. The minimum atomic E-state index is -0.457. The van der Waals surface area contributed by atoms with E-state index in [1.807, 2.05) is 0 Å². The Balaban J connectivity index is 1.72. The molecule has 2 N–H and O–H groups in total. The smallest absolute Gasteiger partial charge is 0.239 e. The number of aliphatic hydroxyl groups is 1. The summed E-state index contributed by atoms with van der Waals surface area (Å²) in [7, 11) is 0. The maximum atomic E-state index is 12.9. The van der Waals surface area contributed by atoms with Crippen molar-refractivity contribution in [2.24, 2.45) is 0 Å². The largest absolute Gasteiger partial charge is 0.504 e. The van der Waals surface area contributed by atoms with Gasteiger partial charge in [-0.2, -0.15) is 5.21 Å². The molecule has 2 aromatic heterocycles. The van der Waals surface area contributed by atoms with Gasteiger partial charge in [-0.25, -0.2) is 4.39 Å². The van der Waals surface area contributed by atoms with Gasteiger partial charge in [0.25, 0.3) is 0 Å². The summed E-state index contributed by atoms with van der Waals surface area (Å²) < 4.78 is 18.2. The van der Waals surface area contributed by atoms with Gasteiger partial charge in [0.2, 0.25) is 5.82 Å². The Kier molecular flexibility index (Phi) is 3.96. The summed E-state index contributed by atoms with van der Waals surface area (Å²) >= 11 is 0. The van der Waals surface area contributed by atoms with Crippen LogP contribution in [0.1, 0.15) is 27.5 Å². The third-order valence-corrected chi connectivity index (χ3v) is 3.07. The van der Waals surface area contributed by atoms with Crippen LogP contribution in [0.5, 0.6) is 0 Å². The first-order chi connectivity index (χ1) is 11.1. The minimum Gasteiger partial charge on any atom is -0.504 e. The molecule has 2 heterocycles. The number of carbonyl (C=O) groups excluding carboxylic acids is 1. The number of hydrogen-bond acceptors (Lipinski definition) is 6. The van der Waals surface area contributed by atoms with Crippen LogP contribution in [0.25, 0.3) is 5.76 Å². The molecule has 7 nitrogen and oxygen atoms in total. The summed E-state index contributed by atoms with van der Waals surface area (Å²) in [5.74, 6) is -0.696. The SMILES string of the molecule is O=C(C=C(O)c1nn[nH]n1)c1coc(Cc2ccc(F)cc2)c1. The van der Waals surface area contributed by atoms with Crippen molar-refractivity contribution in [2.75, 3.05) is 0 Å². The van der Waals surface area contributed by atoms with Crippen molar-refractivity contribution in [2.45, 2.75) is 6.42 Å². The van der Waals surface area contributed by atoms with Crippen molar-refractivity contribution < 1.29 is 18.7 Å². The summed E-state index contributed by atoms with van der Waals surface area (Å²) in [5.41, 5.74) is 1.13. The number of tetrazole rings is 1. The molecule has 0 aliphatic carbocycles. The van der Waals surface area contributed by atoms with Gasteiger partial charge in [0.05, 0.1) is 5.56 Å². The number of furan rings is 1. The molecule has 0 saturated heterocycles. The maximum Gasteiger partial charge on any atom is 0.239 e. The topological polar surface area (TPSA) is 105 Å². The van der Waals surface area contributed by atoms with Crippen LogP contribution >= 0.6 is 0 Å². The van der Waals surface area contributed by atoms with Crippen LogP contribution in [-0.2, 0) is 6.42 Å². The number of hydrogen-bond donors (Lipinski definition) is 2. The summed E-state index contributed by atoms with van der Waals surface area (Å²) in [4.78, 5) is 12.0. The second-order valence-electron chi connectivity index (χ2n) is 4.73. The highest BCUT2D eigenvalue weighted by molar-refractivity contribution is 6.07. The van der Waals surface area contributed by atoms with Crippen LogP contribution in [0.2, 0.25) is 0 Å². The van der Waals surface area contributed by atoms with E-state index in [9.17, 15) is 14.3 Å². The van der Waals surface area contributed by atoms with E-state index in [0.29, 0.717) is 12.2 Å². The molecule has 3 rings (SSSR count). The predicted molar refractivity (Wildman–Crippen MR) is 77.0 cm³/mol. The molecular formula is C15H11FN4O3. The van der Waals surface area contributed by atoms with Gasteiger partial charge in [-0.05, 0) is 29.0 Å². The quantitative estimate of drug-likeness (QED) is 0.425. The molecule has 0 amide bonds. The molecular weight excluding hydrogens is 303 g/mol. The molecule has 0 atom stereocenters. The van der Waals surface area contributed by atoms with Gasteiger partial charge in [0.1, 0.15) is 17.8 Å². The van der Waals surface area contributed by atoms with E-state index in [4.69, 9.17) is 4.42 Å². The zero-order chi connectivity index (χ0) is 16.2. The molecule has 0 aliphatic heterocycles. The highest BCUT2D eigenvalue weighted by Crippen LogP contribution is 2.16. The standard InChI is InChI=1S/C15H11FN4O3/c16-11-3-1-9(2-4-11)5-12-6-10(8-23-12)13(21)7-14(22)15-17-19-20-18-15/h1-4,6-8,22H,5H2,(H,17,18,19,20). The summed E-state index contributed by atoms with van der Waals surface area (Å²) in [6, 6.07) is 7.56. The molecule has 0 fully saturated rings. The first-order valence-electron chi connectivity index (χ1n) is 6.62. The number of nitrogens with one attached hydrogen (secondary N) is 1. The van der Waals surface area contributed by atoms with Crippen LogP contribution in [0.15, 0.2) is 47.1 Å². The van der Waals surface area contributed by atoms with Gasteiger partial charge in [0.15, 0.2) is 11.5 Å². The van der Waals surface area contributed by atoms with Crippen molar-refractivity contribution in [3.8, 4) is 0 Å². The Morgan fingerprint density at radius 1 is 1.35 bits per heavy atom. The average Bonchev–Trinajstić information content (AvgIpc) is 3.21. The molecule has 0 radical (unpaired) electrons. The fourth-order valence-corrected chi connectivity index (χ4v) is 1.95. The fraction of sp³-hybridized carbons (Fsp3) is 0.0667. The average molecular weight is 314 g/mol. The Hall–Kier alpha value is -3.29. The third kappa shape index (κ3) is 3.49. The number of halogens is 1. The monoisotopic (exact) mass is 314 g/mol. The normalized spacial score (nSPS) is 11.6. The van der Waals surface area contributed by atoms with Crippen molar-refractivity contribution in [1.29, 1.82) is 0 Å². The molecule has 3 aromatic rings. The third-order valence-electron chi connectivity index (χ3n) is 3.07. The van der Waals surface area contributed by atoms with E-state index in [1.54, 1.807) is 18.2 Å². The van der Waals surface area contributed by atoms with Crippen molar-refractivity contribution in [1.82, 2.24) is 20.6 Å². The summed E-state index contributed by atoms with van der Waals surface area (Å²) in [6.07, 6.45) is 2.70. The first kappa shape index (κ1) is 14.6. The number of carbonyl (C=O) groups is 1. The number of aromatic amines is 1. The van der Waals surface area contributed by atoms with E-state index in [0.717, 1.165) is 11.6 Å². The molecule has 0 unspecified atom stereocenters. The number of benzene rings is 1. The lowest BCUT2D eigenvalue weighted by atomic mass is 10.1. The first-order valence-corrected chi connectivity index (χ1v) is 6.62. The Labute approximate surface area is 129 Å². The number of H-pyrrole nitrogens is 1. The van der Waals surface area contributed by atoms with Gasteiger partial charge < -0.3 is 9.52 Å². The predicted octanol–water partition coefficient (Wildman–Crippen LogP) is 2.30. The Bertz CT molecular complexity index is 838. The molecule has 23 heavy (non-hydrogen) atoms. The van der Waals surface area contributed by atoms with E-state index >= 15 is 0 Å². The van der Waals surface area contributed by atoms with Gasteiger partial charge in [-0.15, -0.1) is 10.2 Å². The summed E-state index contributed by atoms with van der Waals surface area (Å²) in [5, 5.41) is 22.3. The zero-order valence-electron chi connectivity index (χ0n) is 11.7. The second-order valence-corrected chi connectivity index (χ2v) is 4.73. The molecule has 0 aliphatic rings. The lowest BCUT2D eigenvalue weighted by Gasteiger charge is -1.97. The number of allylic oxidation sites excluding steroid dienone is 1. The highest BCUT2D eigenvalue weighted by atomic mass is 19.1. The number of nitrogens with zero attached hydrogens (tertiary/aromatic N) is 3. The van der Waals surface area contributed by atoms with Gasteiger partial charge in [0, 0.05) is 12.5 Å². The fourth-order valence-electron chi connectivity index (χ4n) is 1.95. The number of aromatic nitrogens is 4. The molecule has 116 valence electrons. The van der Waals surface area contributed by atoms with Crippen LogP contribution in [0, 0.1) is 5.82 Å². The van der Waals surface area contributed by atoms with Crippen LogP contribution < -0.4 is 0 Å². The van der Waals surface area contributed by atoms with E-state index < -0.39 is 11.5 Å². The number of ketones is 1. The Morgan fingerprint density at radius 3 is 2.83 bits per heavy atom.